The highest BCUT2D eigenvalue weighted by molar-refractivity contribution is 6.10. The smallest absolute Gasteiger partial charge is 0.278 e. The SMILES string of the molecule is Cc1cc2cc(NC(=NC3CCCCN(CC(=O)N4CCCC4)C3=O)NC(=O)c3cc(C)n(C)n3)ccc2o1. The number of carbonyl (C=O) groups excluding carboxylic acids is 3. The van der Waals surface area contributed by atoms with Gasteiger partial charge >= 0.3 is 0 Å². The summed E-state index contributed by atoms with van der Waals surface area (Å²) in [5.41, 5.74) is 2.52. The Balaban J connectivity index is 1.40. The molecule has 11 heteroatoms. The minimum absolute atomic E-state index is 0.0219. The van der Waals surface area contributed by atoms with Crippen LogP contribution in [0.5, 0.6) is 0 Å². The highest BCUT2D eigenvalue weighted by atomic mass is 16.3. The van der Waals surface area contributed by atoms with Crippen molar-refractivity contribution >= 4 is 40.3 Å². The number of carbonyl (C=O) groups is 3. The molecule has 2 N–H and O–H groups in total. The molecule has 0 aliphatic carbocycles. The van der Waals surface area contributed by atoms with Crippen LogP contribution in [0.1, 0.15) is 54.0 Å². The maximum atomic E-state index is 13.5. The molecular weight excluding hydrogens is 498 g/mol. The first-order chi connectivity index (χ1) is 18.8. The standard InChI is InChI=1S/C28H35N7O4/c1-18-14-23(32-33(18)3)26(37)31-28(29-21-9-10-24-20(16-21)15-19(2)39-24)30-22-8-4-5-13-35(27(22)38)17-25(36)34-11-6-7-12-34/h9-10,14-16,22H,4-8,11-13,17H2,1-3H3,(H2,29,30,31,37). The fourth-order valence-electron chi connectivity index (χ4n) is 5.08. The molecule has 0 spiro atoms. The summed E-state index contributed by atoms with van der Waals surface area (Å²) >= 11 is 0. The van der Waals surface area contributed by atoms with Crippen LogP contribution in [0.25, 0.3) is 11.0 Å². The van der Waals surface area contributed by atoms with Crippen LogP contribution in [0, 0.1) is 13.8 Å². The molecule has 39 heavy (non-hydrogen) atoms. The van der Waals surface area contributed by atoms with Crippen molar-refractivity contribution in [3.05, 3.63) is 47.5 Å². The van der Waals surface area contributed by atoms with Crippen LogP contribution in [0.15, 0.2) is 39.7 Å². The zero-order chi connectivity index (χ0) is 27.5. The second-order valence-corrected chi connectivity index (χ2v) is 10.3. The topological polar surface area (TPSA) is 125 Å². The zero-order valence-corrected chi connectivity index (χ0v) is 22.7. The van der Waals surface area contributed by atoms with E-state index in [4.69, 9.17) is 9.41 Å². The highest BCUT2D eigenvalue weighted by Gasteiger charge is 2.30. The number of anilines is 1. The number of amides is 3. The first kappa shape index (κ1) is 26.5. The van der Waals surface area contributed by atoms with E-state index in [9.17, 15) is 14.4 Å². The number of hydrogen-bond acceptors (Lipinski definition) is 6. The number of hydrogen-bond donors (Lipinski definition) is 2. The quantitative estimate of drug-likeness (QED) is 0.384. The molecule has 0 bridgehead atoms. The van der Waals surface area contributed by atoms with Gasteiger partial charge in [-0.1, -0.05) is 0 Å². The normalized spacial score (nSPS) is 18.5. The molecule has 4 heterocycles. The maximum Gasteiger partial charge on any atom is 0.278 e. The average molecular weight is 534 g/mol. The van der Waals surface area contributed by atoms with E-state index in [1.54, 1.807) is 22.7 Å². The molecule has 2 saturated heterocycles. The minimum Gasteiger partial charge on any atom is -0.461 e. The van der Waals surface area contributed by atoms with Gasteiger partial charge in [0.1, 0.15) is 17.4 Å². The summed E-state index contributed by atoms with van der Waals surface area (Å²) in [7, 11) is 1.77. The van der Waals surface area contributed by atoms with Gasteiger partial charge in [0.2, 0.25) is 17.8 Å². The van der Waals surface area contributed by atoms with Crippen LogP contribution in [0.2, 0.25) is 0 Å². The summed E-state index contributed by atoms with van der Waals surface area (Å²) in [5.74, 6) is 0.276. The van der Waals surface area contributed by atoms with Crippen molar-refractivity contribution in [3.8, 4) is 0 Å². The van der Waals surface area contributed by atoms with Crippen LogP contribution >= 0.6 is 0 Å². The number of guanidine groups is 1. The average Bonchev–Trinajstić information content (AvgIpc) is 3.62. The van der Waals surface area contributed by atoms with Crippen molar-refractivity contribution in [2.24, 2.45) is 12.0 Å². The highest BCUT2D eigenvalue weighted by Crippen LogP contribution is 2.23. The van der Waals surface area contributed by atoms with Crippen LogP contribution in [-0.4, -0.2) is 75.5 Å². The summed E-state index contributed by atoms with van der Waals surface area (Å²) in [6.07, 6.45) is 4.11. The van der Waals surface area contributed by atoms with Crippen molar-refractivity contribution in [3.63, 3.8) is 0 Å². The molecular formula is C28H35N7O4. The van der Waals surface area contributed by atoms with E-state index in [1.165, 1.54) is 0 Å². The van der Waals surface area contributed by atoms with E-state index >= 15 is 0 Å². The molecule has 2 aliphatic rings. The largest absolute Gasteiger partial charge is 0.461 e. The Bertz CT molecular complexity index is 1400. The Hall–Kier alpha value is -4.15. The minimum atomic E-state index is -0.730. The van der Waals surface area contributed by atoms with Gasteiger partial charge in [-0.05, 0) is 76.3 Å². The molecule has 1 aromatic carbocycles. The number of benzene rings is 1. The summed E-state index contributed by atoms with van der Waals surface area (Å²) < 4.78 is 7.30. The second-order valence-electron chi connectivity index (χ2n) is 10.3. The fraction of sp³-hybridized carbons (Fsp3) is 0.464. The lowest BCUT2D eigenvalue weighted by Crippen LogP contribution is -2.45. The molecule has 3 aromatic rings. The van der Waals surface area contributed by atoms with Crippen molar-refractivity contribution in [2.75, 3.05) is 31.5 Å². The monoisotopic (exact) mass is 533 g/mol. The molecule has 2 aromatic heterocycles. The number of aryl methyl sites for hydroxylation is 3. The second kappa shape index (κ2) is 11.3. The van der Waals surface area contributed by atoms with Crippen molar-refractivity contribution in [1.29, 1.82) is 0 Å². The first-order valence-corrected chi connectivity index (χ1v) is 13.5. The van der Waals surface area contributed by atoms with Crippen LogP contribution in [0.4, 0.5) is 5.69 Å². The maximum absolute atomic E-state index is 13.5. The predicted molar refractivity (Wildman–Crippen MR) is 147 cm³/mol. The number of nitrogens with one attached hydrogen (secondary N) is 2. The third-order valence-corrected chi connectivity index (χ3v) is 7.30. The van der Waals surface area contributed by atoms with Crippen molar-refractivity contribution in [2.45, 2.75) is 52.0 Å². The third-order valence-electron chi connectivity index (χ3n) is 7.30. The van der Waals surface area contributed by atoms with Gasteiger partial charge in [-0.25, -0.2) is 4.99 Å². The van der Waals surface area contributed by atoms with Gasteiger partial charge in [-0.15, -0.1) is 0 Å². The van der Waals surface area contributed by atoms with Gasteiger partial charge in [0.25, 0.3) is 5.91 Å². The zero-order valence-electron chi connectivity index (χ0n) is 22.7. The molecule has 3 amide bonds. The van der Waals surface area contributed by atoms with E-state index in [2.05, 4.69) is 15.7 Å². The number of aliphatic imine (C=N–C) groups is 1. The molecule has 2 fully saturated rings. The van der Waals surface area contributed by atoms with Gasteiger partial charge in [0, 0.05) is 43.4 Å². The number of furan rings is 1. The molecule has 0 radical (unpaired) electrons. The Morgan fingerprint density at radius 2 is 1.85 bits per heavy atom. The predicted octanol–water partition coefficient (Wildman–Crippen LogP) is 2.98. The van der Waals surface area contributed by atoms with Gasteiger partial charge in [-0.2, -0.15) is 5.10 Å². The number of likely N-dealkylation sites (tertiary alicyclic amines) is 2. The summed E-state index contributed by atoms with van der Waals surface area (Å²) in [5, 5.41) is 11.2. The fourth-order valence-corrected chi connectivity index (χ4v) is 5.08. The van der Waals surface area contributed by atoms with Gasteiger partial charge in [0.15, 0.2) is 5.69 Å². The third kappa shape index (κ3) is 6.13. The Labute approximate surface area is 227 Å². The summed E-state index contributed by atoms with van der Waals surface area (Å²) in [6.45, 7) is 5.81. The number of rotatable bonds is 5. The van der Waals surface area contributed by atoms with Crippen LogP contribution in [0.3, 0.4) is 0 Å². The lowest BCUT2D eigenvalue weighted by Gasteiger charge is -2.25. The molecule has 0 saturated carbocycles. The molecule has 11 nitrogen and oxygen atoms in total. The molecule has 206 valence electrons. The molecule has 1 atom stereocenters. The van der Waals surface area contributed by atoms with E-state index in [0.29, 0.717) is 18.7 Å². The van der Waals surface area contributed by atoms with Crippen LogP contribution in [-0.2, 0) is 16.6 Å². The number of nitrogens with zero attached hydrogens (tertiary/aromatic N) is 5. The van der Waals surface area contributed by atoms with E-state index in [0.717, 1.165) is 61.2 Å². The Kier molecular flexibility index (Phi) is 7.67. The van der Waals surface area contributed by atoms with Crippen molar-refractivity contribution < 1.29 is 18.8 Å². The van der Waals surface area contributed by atoms with Gasteiger partial charge in [-0.3, -0.25) is 24.4 Å². The molecule has 1 unspecified atom stereocenters. The molecule has 2 aliphatic heterocycles. The number of fused-ring (bicyclic) bond motifs is 1. The number of aromatic nitrogens is 2. The lowest BCUT2D eigenvalue weighted by molar-refractivity contribution is -0.140. The van der Waals surface area contributed by atoms with Gasteiger partial charge in [0.05, 0.1) is 6.54 Å². The first-order valence-electron chi connectivity index (χ1n) is 13.5. The van der Waals surface area contributed by atoms with Gasteiger partial charge < -0.3 is 19.5 Å². The lowest BCUT2D eigenvalue weighted by atomic mass is 10.1. The van der Waals surface area contributed by atoms with E-state index < -0.39 is 11.9 Å². The van der Waals surface area contributed by atoms with E-state index in [1.807, 2.05) is 43.0 Å². The summed E-state index contributed by atoms with van der Waals surface area (Å²) in [4.78, 5) is 47.6. The molecule has 5 rings (SSSR count). The van der Waals surface area contributed by atoms with Crippen LogP contribution < -0.4 is 10.6 Å². The Morgan fingerprint density at radius 3 is 2.59 bits per heavy atom. The summed E-state index contributed by atoms with van der Waals surface area (Å²) in [6, 6.07) is 8.45. The Morgan fingerprint density at radius 1 is 1.08 bits per heavy atom. The van der Waals surface area contributed by atoms with Crippen molar-refractivity contribution in [1.82, 2.24) is 24.9 Å². The van der Waals surface area contributed by atoms with E-state index in [-0.39, 0.29) is 30.0 Å².